The highest BCUT2D eigenvalue weighted by Crippen LogP contribution is 2.35. The number of benzene rings is 1. The van der Waals surface area contributed by atoms with E-state index in [0.29, 0.717) is 5.03 Å². The van der Waals surface area contributed by atoms with Gasteiger partial charge in [-0.05, 0) is 30.5 Å². The zero-order valence-electron chi connectivity index (χ0n) is 12.9. The van der Waals surface area contributed by atoms with Crippen LogP contribution in [-0.4, -0.2) is 21.1 Å². The van der Waals surface area contributed by atoms with Crippen molar-refractivity contribution in [2.24, 2.45) is 0 Å². The Hall–Kier alpha value is -2.13. The van der Waals surface area contributed by atoms with Crippen LogP contribution in [0.5, 0.6) is 0 Å². The monoisotopic (exact) mass is 383 g/mol. The van der Waals surface area contributed by atoms with Crippen molar-refractivity contribution in [2.45, 2.75) is 23.4 Å². The molecule has 2 aromatic heterocycles. The molecule has 0 spiro atoms. The Balaban J connectivity index is 1.77. The first-order chi connectivity index (χ1) is 11.9. The molecule has 1 amide bonds. The average Bonchev–Trinajstić information content (AvgIpc) is 3.04. The van der Waals surface area contributed by atoms with Crippen LogP contribution in [0.4, 0.5) is 18.9 Å². The van der Waals surface area contributed by atoms with Crippen LogP contribution in [0.1, 0.15) is 12.5 Å². The number of rotatable bonds is 4. The van der Waals surface area contributed by atoms with Gasteiger partial charge in [-0.3, -0.25) is 4.79 Å². The molecule has 130 valence electrons. The summed E-state index contributed by atoms with van der Waals surface area (Å²) in [6, 6.07) is 6.76. The minimum atomic E-state index is -4.53. The van der Waals surface area contributed by atoms with Crippen molar-refractivity contribution in [1.82, 2.24) is 9.97 Å². The van der Waals surface area contributed by atoms with Crippen molar-refractivity contribution in [1.29, 1.82) is 0 Å². The number of carbonyl (C=O) groups excluding carboxylic acids is 1. The average molecular weight is 383 g/mol. The van der Waals surface area contributed by atoms with Crippen LogP contribution < -0.4 is 5.32 Å². The topological polar surface area (TPSA) is 54.9 Å². The molecule has 0 saturated carbocycles. The summed E-state index contributed by atoms with van der Waals surface area (Å²) in [4.78, 5) is 21.4. The second kappa shape index (κ2) is 7.01. The number of thiophene rings is 1. The molecule has 1 N–H and O–H groups in total. The molecule has 1 atom stereocenters. The Morgan fingerprint density at radius 2 is 2.00 bits per heavy atom. The predicted octanol–water partition coefficient (Wildman–Crippen LogP) is 4.83. The van der Waals surface area contributed by atoms with E-state index in [1.807, 2.05) is 11.4 Å². The number of alkyl halides is 3. The summed E-state index contributed by atoms with van der Waals surface area (Å²) in [6.45, 7) is 1.62. The summed E-state index contributed by atoms with van der Waals surface area (Å²) in [7, 11) is 0. The third kappa shape index (κ3) is 3.93. The Labute approximate surface area is 149 Å². The van der Waals surface area contributed by atoms with E-state index in [1.165, 1.54) is 47.6 Å². The van der Waals surface area contributed by atoms with Crippen LogP contribution in [-0.2, 0) is 11.0 Å². The summed E-state index contributed by atoms with van der Waals surface area (Å²) in [6.07, 6.45) is -3.12. The lowest BCUT2D eigenvalue weighted by atomic mass is 10.1. The number of fused-ring (bicyclic) bond motifs is 1. The van der Waals surface area contributed by atoms with Gasteiger partial charge >= 0.3 is 6.18 Å². The summed E-state index contributed by atoms with van der Waals surface area (Å²) in [5.41, 5.74) is -1.13. The Kier molecular flexibility index (Phi) is 4.96. The standard InChI is InChI=1S/C16H12F3N3OS2/c1-9(25-15-10-6-7-24-14(10)20-8-21-15)13(23)22-12-5-3-2-4-11(12)16(17,18)19/h2-9H,1H3,(H,22,23)/t9-/m1/s1. The van der Waals surface area contributed by atoms with Gasteiger partial charge in [0.1, 0.15) is 16.2 Å². The third-order valence-electron chi connectivity index (χ3n) is 3.37. The SMILES string of the molecule is C[C@@H](Sc1ncnc2sccc12)C(=O)Nc1ccccc1C(F)(F)F. The van der Waals surface area contributed by atoms with E-state index < -0.39 is 22.9 Å². The fourth-order valence-electron chi connectivity index (χ4n) is 2.16. The number of thioether (sulfide) groups is 1. The molecular weight excluding hydrogens is 371 g/mol. The van der Waals surface area contributed by atoms with Gasteiger partial charge in [-0.25, -0.2) is 9.97 Å². The van der Waals surface area contributed by atoms with Gasteiger partial charge in [0.25, 0.3) is 0 Å². The van der Waals surface area contributed by atoms with Gasteiger partial charge in [0.2, 0.25) is 5.91 Å². The summed E-state index contributed by atoms with van der Waals surface area (Å²) < 4.78 is 39.0. The number of hydrogen-bond donors (Lipinski definition) is 1. The first-order valence-corrected chi connectivity index (χ1v) is 8.94. The fourth-order valence-corrected chi connectivity index (χ4v) is 3.85. The van der Waals surface area contributed by atoms with Crippen LogP contribution in [0.2, 0.25) is 0 Å². The molecule has 3 aromatic rings. The van der Waals surface area contributed by atoms with Crippen LogP contribution >= 0.6 is 23.1 Å². The molecule has 2 heterocycles. The molecule has 1 aromatic carbocycles. The van der Waals surface area contributed by atoms with Crippen molar-refractivity contribution < 1.29 is 18.0 Å². The quantitative estimate of drug-likeness (QED) is 0.518. The van der Waals surface area contributed by atoms with Gasteiger partial charge in [0, 0.05) is 5.39 Å². The molecule has 0 unspecified atom stereocenters. The Morgan fingerprint density at radius 3 is 2.76 bits per heavy atom. The molecule has 9 heteroatoms. The summed E-state index contributed by atoms with van der Waals surface area (Å²) >= 11 is 2.63. The maximum atomic E-state index is 13.0. The number of amides is 1. The Morgan fingerprint density at radius 1 is 1.24 bits per heavy atom. The molecular formula is C16H12F3N3OS2. The number of halogens is 3. The maximum Gasteiger partial charge on any atom is 0.418 e. The van der Waals surface area contributed by atoms with Crippen molar-refractivity contribution in [3.8, 4) is 0 Å². The van der Waals surface area contributed by atoms with Gasteiger partial charge in [0.15, 0.2) is 0 Å². The number of carbonyl (C=O) groups is 1. The number of nitrogens with one attached hydrogen (secondary N) is 1. The second-order valence-corrected chi connectivity index (χ2v) is 7.33. The van der Waals surface area contributed by atoms with Crippen LogP contribution in [0, 0.1) is 0 Å². The Bertz CT molecular complexity index is 911. The summed E-state index contributed by atoms with van der Waals surface area (Å²) in [5, 5.41) is 5.05. The first-order valence-electron chi connectivity index (χ1n) is 7.18. The van der Waals surface area contributed by atoms with E-state index in [2.05, 4.69) is 15.3 Å². The van der Waals surface area contributed by atoms with Gasteiger partial charge in [-0.15, -0.1) is 11.3 Å². The van der Waals surface area contributed by atoms with Crippen LogP contribution in [0.3, 0.4) is 0 Å². The van der Waals surface area contributed by atoms with Gasteiger partial charge in [-0.2, -0.15) is 13.2 Å². The zero-order valence-corrected chi connectivity index (χ0v) is 14.5. The normalized spacial score (nSPS) is 13.0. The number of nitrogens with zero attached hydrogens (tertiary/aromatic N) is 2. The molecule has 0 aliphatic carbocycles. The second-order valence-electron chi connectivity index (χ2n) is 5.11. The lowest BCUT2D eigenvalue weighted by Gasteiger charge is -2.16. The van der Waals surface area contributed by atoms with E-state index in [0.717, 1.165) is 16.3 Å². The van der Waals surface area contributed by atoms with Crippen molar-refractivity contribution in [3.63, 3.8) is 0 Å². The van der Waals surface area contributed by atoms with Crippen molar-refractivity contribution in [3.05, 3.63) is 47.6 Å². The van der Waals surface area contributed by atoms with Crippen molar-refractivity contribution >= 4 is 44.9 Å². The molecule has 0 fully saturated rings. The van der Waals surface area contributed by atoms with E-state index in [-0.39, 0.29) is 5.69 Å². The lowest BCUT2D eigenvalue weighted by Crippen LogP contribution is -2.24. The minimum absolute atomic E-state index is 0.254. The van der Waals surface area contributed by atoms with Gasteiger partial charge in [-0.1, -0.05) is 23.9 Å². The van der Waals surface area contributed by atoms with Crippen LogP contribution in [0.25, 0.3) is 10.2 Å². The molecule has 3 rings (SSSR count). The van der Waals surface area contributed by atoms with Crippen LogP contribution in [0.15, 0.2) is 47.1 Å². The maximum absolute atomic E-state index is 13.0. The predicted molar refractivity (Wildman–Crippen MR) is 92.8 cm³/mol. The highest BCUT2D eigenvalue weighted by Gasteiger charge is 2.34. The van der Waals surface area contributed by atoms with E-state index in [1.54, 1.807) is 6.92 Å². The number of hydrogen-bond acceptors (Lipinski definition) is 5. The summed E-state index contributed by atoms with van der Waals surface area (Å²) in [5.74, 6) is -0.524. The third-order valence-corrected chi connectivity index (χ3v) is 5.31. The highest BCUT2D eigenvalue weighted by molar-refractivity contribution is 8.00. The fraction of sp³-hybridized carbons (Fsp3) is 0.188. The van der Waals surface area contributed by atoms with Gasteiger partial charge < -0.3 is 5.32 Å². The number of para-hydroxylation sites is 1. The van der Waals surface area contributed by atoms with E-state index >= 15 is 0 Å². The zero-order chi connectivity index (χ0) is 18.0. The number of anilines is 1. The molecule has 0 saturated heterocycles. The number of aromatic nitrogens is 2. The first kappa shape index (κ1) is 17.7. The van der Waals surface area contributed by atoms with E-state index in [4.69, 9.17) is 0 Å². The molecule has 0 aliphatic rings. The highest BCUT2D eigenvalue weighted by atomic mass is 32.2. The minimum Gasteiger partial charge on any atom is -0.325 e. The van der Waals surface area contributed by atoms with E-state index in [9.17, 15) is 18.0 Å². The molecule has 25 heavy (non-hydrogen) atoms. The molecule has 0 radical (unpaired) electrons. The lowest BCUT2D eigenvalue weighted by molar-refractivity contribution is -0.137. The molecule has 0 aliphatic heterocycles. The molecule has 4 nitrogen and oxygen atoms in total. The molecule has 0 bridgehead atoms. The van der Waals surface area contributed by atoms with Crippen molar-refractivity contribution in [2.75, 3.05) is 5.32 Å². The van der Waals surface area contributed by atoms with Gasteiger partial charge in [0.05, 0.1) is 16.5 Å². The smallest absolute Gasteiger partial charge is 0.325 e. The largest absolute Gasteiger partial charge is 0.418 e.